The number of hydrogen-bond acceptors (Lipinski definition) is 6. The third-order valence-electron chi connectivity index (χ3n) is 1.84. The maximum atomic E-state index is 11.6. The normalized spacial score (nSPS) is 11.8. The van der Waals surface area contributed by atoms with Crippen molar-refractivity contribution in [2.75, 3.05) is 26.5 Å². The van der Waals surface area contributed by atoms with E-state index in [1.54, 1.807) is 6.92 Å². The van der Waals surface area contributed by atoms with Crippen LogP contribution in [0.4, 0.5) is 0 Å². The molecule has 0 aliphatic carbocycles. The molecule has 0 fully saturated rings. The molecule has 0 heterocycles. The number of aliphatic hydroxyl groups excluding tert-OH is 1. The molecular formula is C9H19NO6S. The summed E-state index contributed by atoms with van der Waals surface area (Å²) in [5.74, 6) is -1.21. The number of unbranched alkanes of at least 4 members (excludes halogenated alkanes) is 1. The van der Waals surface area contributed by atoms with E-state index in [4.69, 9.17) is 9.84 Å². The number of aliphatic hydroxyl groups is 1. The van der Waals surface area contributed by atoms with Crippen LogP contribution in [0.1, 0.15) is 26.7 Å². The van der Waals surface area contributed by atoms with Crippen molar-refractivity contribution in [3.8, 4) is 0 Å². The second kappa shape index (κ2) is 8.40. The summed E-state index contributed by atoms with van der Waals surface area (Å²) in [5.41, 5.74) is 0. The smallest absolute Gasteiger partial charge is 0.385 e. The fourth-order valence-electron chi connectivity index (χ4n) is 0.965. The molecule has 0 bridgehead atoms. The first-order valence-corrected chi connectivity index (χ1v) is 6.75. The molecule has 0 aromatic heterocycles. The van der Waals surface area contributed by atoms with E-state index in [1.165, 1.54) is 0 Å². The molecule has 0 saturated carbocycles. The lowest BCUT2D eigenvalue weighted by Gasteiger charge is -2.19. The van der Waals surface area contributed by atoms with Crippen molar-refractivity contribution < 1.29 is 27.2 Å². The van der Waals surface area contributed by atoms with Gasteiger partial charge in [0.05, 0.1) is 0 Å². The first-order valence-electron chi connectivity index (χ1n) is 5.38. The monoisotopic (exact) mass is 269 g/mol. The SMILES string of the molecule is CCCCN(COCC)S(=O)(=O)OC(=O)CO. The zero-order valence-electron chi connectivity index (χ0n) is 10.1. The highest BCUT2D eigenvalue weighted by molar-refractivity contribution is 7.84. The summed E-state index contributed by atoms with van der Waals surface area (Å²) in [6.45, 7) is 3.05. The predicted molar refractivity (Wildman–Crippen MR) is 60.2 cm³/mol. The van der Waals surface area contributed by atoms with Crippen LogP contribution in [0.3, 0.4) is 0 Å². The maximum Gasteiger partial charge on any atom is 0.389 e. The van der Waals surface area contributed by atoms with Crippen molar-refractivity contribution in [1.29, 1.82) is 0 Å². The molecule has 0 spiro atoms. The molecule has 17 heavy (non-hydrogen) atoms. The van der Waals surface area contributed by atoms with Crippen LogP contribution in [0.2, 0.25) is 0 Å². The van der Waals surface area contributed by atoms with E-state index < -0.39 is 22.9 Å². The highest BCUT2D eigenvalue weighted by atomic mass is 32.2. The fourth-order valence-corrected chi connectivity index (χ4v) is 1.91. The Kier molecular flexibility index (Phi) is 8.05. The lowest BCUT2D eigenvalue weighted by atomic mass is 10.3. The Hall–Kier alpha value is -0.700. The molecule has 0 amide bonds. The molecule has 0 radical (unpaired) electrons. The summed E-state index contributed by atoms with van der Waals surface area (Å²) < 4.78 is 33.3. The molecule has 1 N–H and O–H groups in total. The van der Waals surface area contributed by atoms with E-state index in [2.05, 4.69) is 4.18 Å². The quantitative estimate of drug-likeness (QED) is 0.586. The first kappa shape index (κ1) is 16.3. The number of hydrogen-bond donors (Lipinski definition) is 1. The Labute approximate surface area is 102 Å². The molecule has 102 valence electrons. The summed E-state index contributed by atoms with van der Waals surface area (Å²) in [6, 6.07) is 0. The van der Waals surface area contributed by atoms with Crippen molar-refractivity contribution in [3.05, 3.63) is 0 Å². The molecule has 8 heteroatoms. The van der Waals surface area contributed by atoms with Crippen molar-refractivity contribution in [2.24, 2.45) is 0 Å². The topological polar surface area (TPSA) is 93.1 Å². The van der Waals surface area contributed by atoms with Gasteiger partial charge in [-0.15, -0.1) is 4.31 Å². The lowest BCUT2D eigenvalue weighted by molar-refractivity contribution is -0.137. The number of carbonyl (C=O) groups is 1. The van der Waals surface area contributed by atoms with Gasteiger partial charge in [0, 0.05) is 13.2 Å². The van der Waals surface area contributed by atoms with E-state index in [0.717, 1.165) is 10.7 Å². The molecule has 0 atom stereocenters. The Morgan fingerprint density at radius 2 is 2.00 bits per heavy atom. The summed E-state index contributed by atoms with van der Waals surface area (Å²) >= 11 is 0. The van der Waals surface area contributed by atoms with E-state index >= 15 is 0 Å². The van der Waals surface area contributed by atoms with Gasteiger partial charge in [-0.3, -0.25) is 0 Å². The molecule has 0 aromatic carbocycles. The largest absolute Gasteiger partial charge is 0.389 e. The molecule has 0 saturated heterocycles. The molecule has 0 rings (SSSR count). The maximum absolute atomic E-state index is 11.6. The first-order chi connectivity index (χ1) is 7.97. The molecule has 0 aliphatic heterocycles. The standard InChI is InChI=1S/C9H19NO6S/c1-3-5-6-10(8-15-4-2)17(13,14)16-9(12)7-11/h11H,3-8H2,1-2H3. The number of carbonyl (C=O) groups excluding carboxylic acids is 1. The van der Waals surface area contributed by atoms with E-state index in [0.29, 0.717) is 13.0 Å². The van der Waals surface area contributed by atoms with Crippen LogP contribution in [-0.4, -0.2) is 50.3 Å². The molecule has 0 unspecified atom stereocenters. The van der Waals surface area contributed by atoms with Gasteiger partial charge in [-0.1, -0.05) is 13.3 Å². The van der Waals surface area contributed by atoms with Gasteiger partial charge in [0.2, 0.25) is 0 Å². The summed E-state index contributed by atoms with van der Waals surface area (Å²) in [7, 11) is -4.18. The van der Waals surface area contributed by atoms with Crippen LogP contribution in [0, 0.1) is 0 Å². The minimum Gasteiger partial charge on any atom is -0.385 e. The molecular weight excluding hydrogens is 250 g/mol. The highest BCUT2D eigenvalue weighted by Crippen LogP contribution is 2.06. The van der Waals surface area contributed by atoms with Crippen molar-refractivity contribution in [1.82, 2.24) is 4.31 Å². The van der Waals surface area contributed by atoms with Gasteiger partial charge in [0.25, 0.3) is 0 Å². The van der Waals surface area contributed by atoms with Crippen LogP contribution in [0.5, 0.6) is 0 Å². The van der Waals surface area contributed by atoms with Gasteiger partial charge in [0.1, 0.15) is 13.3 Å². The minimum atomic E-state index is -4.18. The predicted octanol–water partition coefficient (Wildman–Crippen LogP) is -0.137. The van der Waals surface area contributed by atoms with E-state index in [9.17, 15) is 13.2 Å². The van der Waals surface area contributed by atoms with Gasteiger partial charge in [-0.2, -0.15) is 8.42 Å². The van der Waals surface area contributed by atoms with Crippen LogP contribution in [-0.2, 0) is 24.0 Å². The van der Waals surface area contributed by atoms with Gasteiger partial charge < -0.3 is 14.0 Å². The number of nitrogens with zero attached hydrogens (tertiary/aromatic N) is 1. The zero-order valence-corrected chi connectivity index (χ0v) is 10.9. The van der Waals surface area contributed by atoms with E-state index in [1.807, 2.05) is 6.92 Å². The van der Waals surface area contributed by atoms with Crippen LogP contribution < -0.4 is 0 Å². The van der Waals surface area contributed by atoms with E-state index in [-0.39, 0.29) is 13.3 Å². The van der Waals surface area contributed by atoms with Gasteiger partial charge in [0.15, 0.2) is 0 Å². The third-order valence-corrected chi connectivity index (χ3v) is 3.16. The van der Waals surface area contributed by atoms with Crippen molar-refractivity contribution in [3.63, 3.8) is 0 Å². The molecule has 0 aliphatic rings. The zero-order chi connectivity index (χ0) is 13.3. The minimum absolute atomic E-state index is 0.169. The number of ether oxygens (including phenoxy) is 1. The van der Waals surface area contributed by atoms with Crippen LogP contribution in [0.15, 0.2) is 0 Å². The Bertz CT molecular complexity index is 307. The Morgan fingerprint density at radius 1 is 1.35 bits per heavy atom. The lowest BCUT2D eigenvalue weighted by Crippen LogP contribution is -2.37. The summed E-state index contributed by atoms with van der Waals surface area (Å²) in [6.07, 6.45) is 1.43. The Balaban J connectivity index is 4.57. The van der Waals surface area contributed by atoms with Crippen molar-refractivity contribution >= 4 is 16.3 Å². The molecule has 0 aromatic rings. The highest BCUT2D eigenvalue weighted by Gasteiger charge is 2.25. The average Bonchev–Trinajstić information content (AvgIpc) is 2.28. The van der Waals surface area contributed by atoms with Crippen molar-refractivity contribution in [2.45, 2.75) is 26.7 Å². The summed E-state index contributed by atoms with van der Waals surface area (Å²) in [4.78, 5) is 10.8. The van der Waals surface area contributed by atoms with Crippen LogP contribution in [0.25, 0.3) is 0 Å². The second-order valence-electron chi connectivity index (χ2n) is 3.22. The number of rotatable bonds is 9. The van der Waals surface area contributed by atoms with Gasteiger partial charge in [-0.25, -0.2) is 4.79 Å². The summed E-state index contributed by atoms with van der Waals surface area (Å²) in [5, 5.41) is 8.44. The van der Waals surface area contributed by atoms with Gasteiger partial charge in [-0.05, 0) is 13.3 Å². The van der Waals surface area contributed by atoms with Gasteiger partial charge >= 0.3 is 16.3 Å². The fraction of sp³-hybridized carbons (Fsp3) is 0.889. The average molecular weight is 269 g/mol. The molecule has 7 nitrogen and oxygen atoms in total. The third kappa shape index (κ3) is 6.57. The van der Waals surface area contributed by atoms with Crippen LogP contribution >= 0.6 is 0 Å². The second-order valence-corrected chi connectivity index (χ2v) is 4.76. The Morgan fingerprint density at radius 3 is 2.47 bits per heavy atom.